The van der Waals surface area contributed by atoms with Gasteiger partial charge in [-0.15, -0.1) is 0 Å². The van der Waals surface area contributed by atoms with E-state index in [1.54, 1.807) is 10.9 Å². The van der Waals surface area contributed by atoms with Crippen molar-refractivity contribution in [1.82, 2.24) is 29.5 Å². The molecule has 6 rings (SSSR count). The number of nitrogens with one attached hydrogen (secondary N) is 1. The molecule has 0 bridgehead atoms. The number of hydrogen-bond donors (Lipinski definition) is 2. The topological polar surface area (TPSA) is 121 Å². The van der Waals surface area contributed by atoms with Gasteiger partial charge in [-0.3, -0.25) is 14.4 Å². The molecule has 1 aliphatic heterocycles. The van der Waals surface area contributed by atoms with Crippen LogP contribution in [0.25, 0.3) is 16.8 Å². The molecular formula is C29H33N9O. The summed E-state index contributed by atoms with van der Waals surface area (Å²) in [5.41, 5.74) is 14.5. The average Bonchev–Trinajstić information content (AvgIpc) is 3.51. The summed E-state index contributed by atoms with van der Waals surface area (Å²) >= 11 is 0. The lowest BCUT2D eigenvalue weighted by Crippen LogP contribution is -2.18. The van der Waals surface area contributed by atoms with Crippen molar-refractivity contribution in [2.75, 3.05) is 18.5 Å². The number of hydrogen-bond acceptors (Lipinski definition) is 8. The molecule has 4 aromatic rings. The predicted octanol–water partition coefficient (Wildman–Crippen LogP) is 3.59. The maximum Gasteiger partial charge on any atom is 0.228 e. The molecule has 0 unspecified atom stereocenters. The molecule has 0 amide bonds. The number of ether oxygens (including phenoxy) is 1. The maximum absolute atomic E-state index is 6.03. The van der Waals surface area contributed by atoms with Gasteiger partial charge in [0.15, 0.2) is 5.82 Å². The van der Waals surface area contributed by atoms with E-state index in [2.05, 4.69) is 39.7 Å². The smallest absolute Gasteiger partial charge is 0.228 e. The third-order valence-electron chi connectivity index (χ3n) is 7.35. The summed E-state index contributed by atoms with van der Waals surface area (Å²) in [6, 6.07) is 10.7. The van der Waals surface area contributed by atoms with E-state index in [4.69, 9.17) is 25.5 Å². The molecule has 1 aromatic carbocycles. The lowest BCUT2D eigenvalue weighted by Gasteiger charge is -2.18. The fourth-order valence-corrected chi connectivity index (χ4v) is 5.27. The fraction of sp³-hybridized carbons (Fsp3) is 0.345. The minimum Gasteiger partial charge on any atom is -0.404 e. The Labute approximate surface area is 227 Å². The highest BCUT2D eigenvalue weighted by Crippen LogP contribution is 2.36. The number of rotatable bonds is 7. The molecule has 2 aliphatic rings. The van der Waals surface area contributed by atoms with E-state index >= 15 is 0 Å². The second kappa shape index (κ2) is 10.8. The van der Waals surface area contributed by atoms with E-state index in [9.17, 15) is 0 Å². The Morgan fingerprint density at radius 3 is 2.85 bits per heavy atom. The Kier molecular flexibility index (Phi) is 6.93. The molecule has 0 atom stereocenters. The fourth-order valence-electron chi connectivity index (χ4n) is 5.27. The molecule has 1 aliphatic carbocycles. The van der Waals surface area contributed by atoms with Crippen LogP contribution in [0, 0.1) is 0 Å². The second-order valence-corrected chi connectivity index (χ2v) is 10.1. The van der Waals surface area contributed by atoms with Gasteiger partial charge in [-0.05, 0) is 42.4 Å². The van der Waals surface area contributed by atoms with Crippen LogP contribution >= 0.6 is 0 Å². The molecule has 3 aromatic heterocycles. The number of aliphatic imine (C=N–C) groups is 1. The number of fused-ring (bicyclic) bond motifs is 3. The van der Waals surface area contributed by atoms with Crippen molar-refractivity contribution in [1.29, 1.82) is 0 Å². The first-order valence-electron chi connectivity index (χ1n) is 13.4. The standard InChI is InChI=1S/C29H33N9O/c1-37-11-8-26(36-37)33-29-32-17-21-6-7-24-27(28(21)34-29)25(38(2)35-24)15-19-4-3-5-20(14-19)22(16-30)18-31-23-9-12-39-13-10-23/h3-5,8,11,14,16-18,23H,6-7,9-10,12-13,15,30H2,1-2H3,(H,32,33,34,36). The molecule has 1 saturated heterocycles. The summed E-state index contributed by atoms with van der Waals surface area (Å²) in [5.74, 6) is 1.24. The Morgan fingerprint density at radius 2 is 2.05 bits per heavy atom. The number of aromatic nitrogens is 6. The van der Waals surface area contributed by atoms with Crippen LogP contribution in [0.3, 0.4) is 0 Å². The van der Waals surface area contributed by atoms with Crippen molar-refractivity contribution in [3.63, 3.8) is 0 Å². The first kappa shape index (κ1) is 25.0. The predicted molar refractivity (Wildman–Crippen MR) is 152 cm³/mol. The van der Waals surface area contributed by atoms with E-state index in [1.165, 1.54) is 5.56 Å². The number of anilines is 2. The second-order valence-electron chi connectivity index (χ2n) is 10.1. The minimum atomic E-state index is 0.289. The Bertz CT molecular complexity index is 1540. The van der Waals surface area contributed by atoms with Crippen molar-refractivity contribution in [2.24, 2.45) is 24.8 Å². The monoisotopic (exact) mass is 523 g/mol. The van der Waals surface area contributed by atoms with Gasteiger partial charge in [0.05, 0.1) is 23.1 Å². The lowest BCUT2D eigenvalue weighted by molar-refractivity contribution is 0.0872. The van der Waals surface area contributed by atoms with Crippen LogP contribution < -0.4 is 11.1 Å². The zero-order valence-electron chi connectivity index (χ0n) is 22.3. The van der Waals surface area contributed by atoms with Crippen LogP contribution in [-0.2, 0) is 38.1 Å². The summed E-state index contributed by atoms with van der Waals surface area (Å²) in [5, 5.41) is 12.5. The molecule has 0 saturated carbocycles. The van der Waals surface area contributed by atoms with Crippen molar-refractivity contribution >= 4 is 23.6 Å². The van der Waals surface area contributed by atoms with Gasteiger partial charge < -0.3 is 15.8 Å². The Balaban J connectivity index is 1.28. The number of nitrogens with two attached hydrogens (primary N) is 1. The third-order valence-corrected chi connectivity index (χ3v) is 7.35. The quantitative estimate of drug-likeness (QED) is 0.355. The van der Waals surface area contributed by atoms with Gasteiger partial charge >= 0.3 is 0 Å². The summed E-state index contributed by atoms with van der Waals surface area (Å²) in [7, 11) is 3.89. The highest BCUT2D eigenvalue weighted by molar-refractivity contribution is 6.09. The molecule has 0 spiro atoms. The number of nitrogens with zero attached hydrogens (tertiary/aromatic N) is 7. The number of aryl methyl sites for hydroxylation is 4. The molecule has 3 N–H and O–H groups in total. The van der Waals surface area contributed by atoms with Crippen LogP contribution in [0.4, 0.5) is 11.8 Å². The van der Waals surface area contributed by atoms with Crippen molar-refractivity contribution in [3.8, 4) is 11.3 Å². The molecule has 10 nitrogen and oxygen atoms in total. The SMILES string of the molecule is Cn1ccc(Nc2ncc3c(n2)-c2c(nn(C)c2Cc2cccc(C(C=NC4CCOCC4)=CN)c2)CC3)n1. The molecular weight excluding hydrogens is 490 g/mol. The van der Waals surface area contributed by atoms with Crippen LogP contribution in [0.15, 0.2) is 53.9 Å². The van der Waals surface area contributed by atoms with Gasteiger partial charge in [-0.1, -0.05) is 24.3 Å². The van der Waals surface area contributed by atoms with Crippen molar-refractivity contribution in [2.45, 2.75) is 38.1 Å². The largest absolute Gasteiger partial charge is 0.404 e. The zero-order valence-corrected chi connectivity index (χ0v) is 22.3. The molecule has 0 radical (unpaired) electrons. The summed E-state index contributed by atoms with van der Waals surface area (Å²) in [6.07, 6.45) is 11.7. The Hall–Kier alpha value is -4.31. The van der Waals surface area contributed by atoms with Crippen LogP contribution in [0.2, 0.25) is 0 Å². The maximum atomic E-state index is 6.03. The highest BCUT2D eigenvalue weighted by Gasteiger charge is 2.26. The van der Waals surface area contributed by atoms with Crippen molar-refractivity contribution in [3.05, 3.63) is 77.0 Å². The number of benzene rings is 1. The van der Waals surface area contributed by atoms with E-state index in [1.807, 2.05) is 43.5 Å². The van der Waals surface area contributed by atoms with Gasteiger partial charge in [0.1, 0.15) is 0 Å². The van der Waals surface area contributed by atoms with Gasteiger partial charge in [-0.25, -0.2) is 9.97 Å². The molecule has 1 fully saturated rings. The lowest BCUT2D eigenvalue weighted by atomic mass is 9.91. The highest BCUT2D eigenvalue weighted by atomic mass is 16.5. The molecule has 39 heavy (non-hydrogen) atoms. The van der Waals surface area contributed by atoms with E-state index in [-0.39, 0.29) is 6.04 Å². The molecule has 10 heteroatoms. The third kappa shape index (κ3) is 5.33. The summed E-state index contributed by atoms with van der Waals surface area (Å²) in [6.45, 7) is 1.53. The zero-order chi connectivity index (χ0) is 26.8. The van der Waals surface area contributed by atoms with Crippen molar-refractivity contribution < 1.29 is 4.74 Å². The van der Waals surface area contributed by atoms with Gasteiger partial charge in [0.2, 0.25) is 5.95 Å². The normalized spacial score (nSPS) is 15.9. The van der Waals surface area contributed by atoms with Crippen LogP contribution in [-0.4, -0.2) is 55.0 Å². The summed E-state index contributed by atoms with van der Waals surface area (Å²) in [4.78, 5) is 14.3. The number of allylic oxidation sites excluding steroid dienone is 1. The Morgan fingerprint density at radius 1 is 1.18 bits per heavy atom. The van der Waals surface area contributed by atoms with Crippen LogP contribution in [0.1, 0.15) is 40.9 Å². The minimum absolute atomic E-state index is 0.289. The first-order chi connectivity index (χ1) is 19.1. The van der Waals surface area contributed by atoms with E-state index in [0.29, 0.717) is 18.2 Å². The van der Waals surface area contributed by atoms with Gasteiger partial charge in [-0.2, -0.15) is 10.2 Å². The summed E-state index contributed by atoms with van der Waals surface area (Å²) < 4.78 is 9.19. The molecule has 200 valence electrons. The van der Waals surface area contributed by atoms with Gasteiger partial charge in [0.25, 0.3) is 0 Å². The molecule has 4 heterocycles. The van der Waals surface area contributed by atoms with E-state index < -0.39 is 0 Å². The van der Waals surface area contributed by atoms with E-state index in [0.717, 1.165) is 78.2 Å². The van der Waals surface area contributed by atoms with Gasteiger partial charge in [0, 0.05) is 75.7 Å². The van der Waals surface area contributed by atoms with Crippen LogP contribution in [0.5, 0.6) is 0 Å². The first-order valence-corrected chi connectivity index (χ1v) is 13.4. The average molecular weight is 524 g/mol.